The second kappa shape index (κ2) is 2.94. The first-order valence-corrected chi connectivity index (χ1v) is 5.28. The van der Waals surface area contributed by atoms with Gasteiger partial charge in [-0.2, -0.15) is 0 Å². The highest BCUT2D eigenvalue weighted by Crippen LogP contribution is 2.41. The topological polar surface area (TPSA) is 49.5 Å². The van der Waals surface area contributed by atoms with Gasteiger partial charge >= 0.3 is 0 Å². The molecular formula is C10H20N2O. The van der Waals surface area contributed by atoms with Gasteiger partial charge in [0.2, 0.25) is 0 Å². The summed E-state index contributed by atoms with van der Waals surface area (Å²) in [5.41, 5.74) is 6.17. The molecule has 2 aliphatic rings. The minimum absolute atomic E-state index is 0.211. The molecular weight excluding hydrogens is 164 g/mol. The van der Waals surface area contributed by atoms with Gasteiger partial charge in [-0.3, -0.25) is 4.90 Å². The van der Waals surface area contributed by atoms with E-state index in [-0.39, 0.29) is 17.7 Å². The van der Waals surface area contributed by atoms with Crippen molar-refractivity contribution >= 4 is 0 Å². The Morgan fingerprint density at radius 1 is 1.46 bits per heavy atom. The van der Waals surface area contributed by atoms with Crippen LogP contribution in [0.5, 0.6) is 0 Å². The van der Waals surface area contributed by atoms with Crippen molar-refractivity contribution in [2.75, 3.05) is 13.1 Å². The van der Waals surface area contributed by atoms with E-state index in [1.165, 1.54) is 12.8 Å². The van der Waals surface area contributed by atoms with Gasteiger partial charge in [0.05, 0.1) is 11.8 Å². The first kappa shape index (κ1) is 9.44. The summed E-state index contributed by atoms with van der Waals surface area (Å²) in [6.45, 7) is 6.11. The van der Waals surface area contributed by atoms with Crippen LogP contribution in [0.2, 0.25) is 0 Å². The fourth-order valence-electron chi connectivity index (χ4n) is 3.00. The molecule has 2 rings (SSSR count). The second-order valence-electron chi connectivity index (χ2n) is 4.73. The highest BCUT2D eigenvalue weighted by molar-refractivity contribution is 5.04. The molecule has 3 unspecified atom stereocenters. The molecule has 4 atom stereocenters. The van der Waals surface area contributed by atoms with Crippen LogP contribution in [0.15, 0.2) is 0 Å². The minimum atomic E-state index is -0.238. The van der Waals surface area contributed by atoms with Gasteiger partial charge in [-0.15, -0.1) is 0 Å². The van der Waals surface area contributed by atoms with E-state index in [2.05, 4.69) is 18.7 Å². The van der Waals surface area contributed by atoms with E-state index < -0.39 is 0 Å². The molecule has 0 bridgehead atoms. The number of fused-ring (bicyclic) bond motifs is 1. The molecule has 3 N–H and O–H groups in total. The van der Waals surface area contributed by atoms with Gasteiger partial charge in [0, 0.05) is 19.0 Å². The quantitative estimate of drug-likeness (QED) is 0.572. The van der Waals surface area contributed by atoms with E-state index in [1.807, 2.05) is 0 Å². The Balaban J connectivity index is 2.27. The lowest BCUT2D eigenvalue weighted by Crippen LogP contribution is -2.62. The van der Waals surface area contributed by atoms with Crippen LogP contribution in [-0.4, -0.2) is 34.9 Å². The van der Waals surface area contributed by atoms with Crippen molar-refractivity contribution in [2.24, 2.45) is 17.6 Å². The fraction of sp³-hybridized carbons (Fsp3) is 1.00. The molecule has 2 aliphatic heterocycles. The van der Waals surface area contributed by atoms with Crippen molar-refractivity contribution < 1.29 is 5.11 Å². The maximum Gasteiger partial charge on any atom is 0.0766 e. The van der Waals surface area contributed by atoms with Gasteiger partial charge in [-0.05, 0) is 18.8 Å². The molecule has 0 amide bonds. The monoisotopic (exact) mass is 184 g/mol. The molecule has 0 aromatic rings. The number of aliphatic hydroxyl groups is 1. The van der Waals surface area contributed by atoms with Crippen LogP contribution >= 0.6 is 0 Å². The van der Waals surface area contributed by atoms with Gasteiger partial charge in [0.1, 0.15) is 0 Å². The third kappa shape index (κ3) is 1.14. The van der Waals surface area contributed by atoms with E-state index >= 15 is 0 Å². The van der Waals surface area contributed by atoms with E-state index in [4.69, 9.17) is 5.73 Å². The zero-order valence-electron chi connectivity index (χ0n) is 8.53. The molecule has 0 aromatic heterocycles. The number of rotatable bonds is 0. The molecule has 2 saturated heterocycles. The van der Waals surface area contributed by atoms with Crippen molar-refractivity contribution in [3.8, 4) is 0 Å². The second-order valence-corrected chi connectivity index (χ2v) is 4.73. The number of hydrogen-bond donors (Lipinski definition) is 2. The molecule has 3 heteroatoms. The lowest BCUT2D eigenvalue weighted by molar-refractivity contribution is 0.0131. The maximum atomic E-state index is 9.79. The lowest BCUT2D eigenvalue weighted by atomic mass is 9.79. The molecule has 3 nitrogen and oxygen atoms in total. The summed E-state index contributed by atoms with van der Waals surface area (Å²) in [4.78, 5) is 2.27. The molecule has 0 aliphatic carbocycles. The summed E-state index contributed by atoms with van der Waals surface area (Å²) in [5.74, 6) is 0.719. The Labute approximate surface area is 79.9 Å². The van der Waals surface area contributed by atoms with Crippen LogP contribution in [-0.2, 0) is 0 Å². The fourth-order valence-corrected chi connectivity index (χ4v) is 3.00. The summed E-state index contributed by atoms with van der Waals surface area (Å²) in [6, 6.07) is 0. The SMILES string of the molecule is CC1CCCN2CC(O)C(C)[C@]12N. The van der Waals surface area contributed by atoms with Crippen LogP contribution in [0, 0.1) is 11.8 Å². The Kier molecular flexibility index (Phi) is 2.13. The average Bonchev–Trinajstić information content (AvgIpc) is 2.31. The van der Waals surface area contributed by atoms with Crippen LogP contribution < -0.4 is 5.73 Å². The maximum absolute atomic E-state index is 9.79. The van der Waals surface area contributed by atoms with Crippen LogP contribution in [0.1, 0.15) is 26.7 Å². The average molecular weight is 184 g/mol. The molecule has 0 radical (unpaired) electrons. The number of hydrogen-bond acceptors (Lipinski definition) is 3. The Morgan fingerprint density at radius 3 is 2.77 bits per heavy atom. The van der Waals surface area contributed by atoms with Gasteiger partial charge in [-0.25, -0.2) is 0 Å². The largest absolute Gasteiger partial charge is 0.391 e. The molecule has 0 aromatic carbocycles. The zero-order valence-corrected chi connectivity index (χ0v) is 8.53. The van der Waals surface area contributed by atoms with Gasteiger partial charge in [-0.1, -0.05) is 13.8 Å². The summed E-state index contributed by atoms with van der Waals surface area (Å²) in [7, 11) is 0. The Bertz CT molecular complexity index is 209. The molecule has 2 fully saturated rings. The van der Waals surface area contributed by atoms with Gasteiger partial charge in [0.15, 0.2) is 0 Å². The summed E-state index contributed by atoms with van der Waals surface area (Å²) >= 11 is 0. The summed E-state index contributed by atoms with van der Waals surface area (Å²) in [5, 5.41) is 9.79. The normalized spacial score (nSPS) is 52.2. The van der Waals surface area contributed by atoms with Crippen LogP contribution in [0.25, 0.3) is 0 Å². The van der Waals surface area contributed by atoms with E-state index in [9.17, 15) is 5.11 Å². The van der Waals surface area contributed by atoms with Gasteiger partial charge < -0.3 is 10.8 Å². The predicted octanol–water partition coefficient (Wildman–Crippen LogP) is 0.384. The van der Waals surface area contributed by atoms with E-state index in [0.29, 0.717) is 5.92 Å². The number of nitrogens with two attached hydrogens (primary N) is 1. The number of nitrogens with zero attached hydrogens (tertiary/aromatic N) is 1. The van der Waals surface area contributed by atoms with Crippen molar-refractivity contribution in [3.63, 3.8) is 0 Å². The summed E-state index contributed by atoms with van der Waals surface area (Å²) < 4.78 is 0. The highest BCUT2D eigenvalue weighted by atomic mass is 16.3. The Morgan fingerprint density at radius 2 is 2.15 bits per heavy atom. The van der Waals surface area contributed by atoms with E-state index in [0.717, 1.165) is 13.1 Å². The van der Waals surface area contributed by atoms with Crippen molar-refractivity contribution in [2.45, 2.75) is 38.5 Å². The minimum Gasteiger partial charge on any atom is -0.391 e. The zero-order chi connectivity index (χ0) is 9.64. The first-order chi connectivity index (χ1) is 6.06. The molecule has 76 valence electrons. The van der Waals surface area contributed by atoms with Crippen LogP contribution in [0.4, 0.5) is 0 Å². The third-order valence-electron chi connectivity index (χ3n) is 4.12. The third-order valence-corrected chi connectivity index (χ3v) is 4.12. The molecule has 2 heterocycles. The highest BCUT2D eigenvalue weighted by Gasteiger charge is 2.52. The number of piperidine rings is 1. The predicted molar refractivity (Wildman–Crippen MR) is 52.1 cm³/mol. The van der Waals surface area contributed by atoms with Crippen LogP contribution in [0.3, 0.4) is 0 Å². The van der Waals surface area contributed by atoms with Crippen molar-refractivity contribution in [3.05, 3.63) is 0 Å². The smallest absolute Gasteiger partial charge is 0.0766 e. The molecule has 0 spiro atoms. The number of aliphatic hydroxyl groups excluding tert-OH is 1. The van der Waals surface area contributed by atoms with Crippen molar-refractivity contribution in [1.82, 2.24) is 4.90 Å². The molecule has 13 heavy (non-hydrogen) atoms. The van der Waals surface area contributed by atoms with Gasteiger partial charge in [0.25, 0.3) is 0 Å². The van der Waals surface area contributed by atoms with E-state index in [1.54, 1.807) is 0 Å². The molecule has 0 saturated carbocycles. The summed E-state index contributed by atoms with van der Waals surface area (Å²) in [6.07, 6.45) is 2.19. The lowest BCUT2D eigenvalue weighted by Gasteiger charge is -2.46. The standard InChI is InChI=1S/C10H20N2O/c1-7-4-3-5-12-6-9(13)8(2)10(7,12)11/h7-9,13H,3-6,11H2,1-2H3/t7?,8?,9?,10-/m0/s1. The first-order valence-electron chi connectivity index (χ1n) is 5.28. The van der Waals surface area contributed by atoms with Crippen molar-refractivity contribution in [1.29, 1.82) is 0 Å². The Hall–Kier alpha value is -0.120.